The number of ether oxygens (including phenoxy) is 1. The molecule has 1 amide bonds. The molecule has 0 bridgehead atoms. The van der Waals surface area contributed by atoms with Gasteiger partial charge in [0.2, 0.25) is 0 Å². The van der Waals surface area contributed by atoms with E-state index in [9.17, 15) is 14.7 Å². The van der Waals surface area contributed by atoms with Crippen LogP contribution in [0.1, 0.15) is 28.9 Å². The number of β-amino-alcohol motifs (C(OH)–C–C–N with tert-alkyl or cyclic N) is 1. The van der Waals surface area contributed by atoms with Crippen LogP contribution in [0.2, 0.25) is 0 Å². The molecule has 1 aliphatic rings. The molecule has 1 fully saturated rings. The minimum absolute atomic E-state index is 0.0882. The van der Waals surface area contributed by atoms with Crippen LogP contribution >= 0.6 is 0 Å². The largest absolute Gasteiger partial charge is 0.445 e. The van der Waals surface area contributed by atoms with Gasteiger partial charge in [-0.15, -0.1) is 0 Å². The van der Waals surface area contributed by atoms with Gasteiger partial charge in [-0.3, -0.25) is 9.78 Å². The second kappa shape index (κ2) is 8.58. The molecule has 0 unspecified atom stereocenters. The third-order valence-electron chi connectivity index (χ3n) is 4.58. The Bertz CT molecular complexity index is 736. The lowest BCUT2D eigenvalue weighted by Gasteiger charge is -2.35. The van der Waals surface area contributed by atoms with Crippen molar-refractivity contribution in [1.29, 1.82) is 0 Å². The van der Waals surface area contributed by atoms with Gasteiger partial charge in [0.1, 0.15) is 12.3 Å². The van der Waals surface area contributed by atoms with Crippen molar-refractivity contribution in [2.75, 3.05) is 13.1 Å². The number of ketones is 1. The molecule has 0 aliphatic carbocycles. The van der Waals surface area contributed by atoms with Crippen LogP contribution < -0.4 is 0 Å². The van der Waals surface area contributed by atoms with Crippen molar-refractivity contribution in [2.24, 2.45) is 5.92 Å². The molecule has 3 rings (SSSR count). The number of rotatable bonds is 5. The highest BCUT2D eigenvalue weighted by Crippen LogP contribution is 2.23. The topological polar surface area (TPSA) is 79.7 Å². The van der Waals surface area contributed by atoms with E-state index in [2.05, 4.69) is 4.98 Å². The smallest absolute Gasteiger partial charge is 0.410 e. The molecule has 1 aromatic heterocycles. The van der Waals surface area contributed by atoms with E-state index in [0.717, 1.165) is 5.56 Å². The predicted octanol–water partition coefficient (Wildman–Crippen LogP) is 2.67. The lowest BCUT2D eigenvalue weighted by Crippen LogP contribution is -2.47. The lowest BCUT2D eigenvalue weighted by molar-refractivity contribution is 0.0118. The van der Waals surface area contributed by atoms with Gasteiger partial charge in [0, 0.05) is 19.2 Å². The van der Waals surface area contributed by atoms with Crippen LogP contribution in [-0.2, 0) is 11.3 Å². The molecule has 0 saturated carbocycles. The summed E-state index contributed by atoms with van der Waals surface area (Å²) in [6.45, 7) is 0.840. The van der Waals surface area contributed by atoms with Crippen LogP contribution in [0.3, 0.4) is 0 Å². The maximum absolute atomic E-state index is 12.3. The number of carbonyl (C=O) groups excluding carboxylic acids is 2. The van der Waals surface area contributed by atoms with E-state index in [0.29, 0.717) is 18.7 Å². The molecule has 1 aliphatic heterocycles. The molecule has 2 atom stereocenters. The Morgan fingerprint density at radius 2 is 1.92 bits per heavy atom. The Hall–Kier alpha value is -2.73. The van der Waals surface area contributed by atoms with Crippen LogP contribution in [0.15, 0.2) is 54.7 Å². The summed E-state index contributed by atoms with van der Waals surface area (Å²) in [5.74, 6) is -0.266. The number of benzene rings is 1. The molecule has 1 saturated heterocycles. The molecule has 2 aromatic rings. The summed E-state index contributed by atoms with van der Waals surface area (Å²) in [5, 5.41) is 10.3. The summed E-state index contributed by atoms with van der Waals surface area (Å²) in [6.07, 6.45) is 1.17. The summed E-state index contributed by atoms with van der Waals surface area (Å²) in [5.41, 5.74) is 1.32. The summed E-state index contributed by atoms with van der Waals surface area (Å²) in [6, 6.07) is 14.6. The third kappa shape index (κ3) is 4.67. The van der Waals surface area contributed by atoms with Gasteiger partial charge in [-0.25, -0.2) is 4.79 Å². The molecule has 0 spiro atoms. The van der Waals surface area contributed by atoms with E-state index in [1.54, 1.807) is 24.4 Å². The van der Waals surface area contributed by atoms with Crippen molar-refractivity contribution in [3.8, 4) is 0 Å². The third-order valence-corrected chi connectivity index (χ3v) is 4.58. The Kier molecular flexibility index (Phi) is 5.96. The quantitative estimate of drug-likeness (QED) is 0.835. The fourth-order valence-corrected chi connectivity index (χ4v) is 3.07. The number of hydrogen-bond acceptors (Lipinski definition) is 5. The van der Waals surface area contributed by atoms with Gasteiger partial charge in [-0.2, -0.15) is 0 Å². The number of carbonyl (C=O) groups is 2. The average molecular weight is 354 g/mol. The first-order chi connectivity index (χ1) is 12.6. The number of aromatic nitrogens is 1. The maximum atomic E-state index is 12.3. The number of aliphatic hydroxyl groups is 1. The lowest BCUT2D eigenvalue weighted by atomic mass is 9.88. The zero-order valence-corrected chi connectivity index (χ0v) is 14.5. The zero-order chi connectivity index (χ0) is 18.4. The molecule has 0 radical (unpaired) electrons. The van der Waals surface area contributed by atoms with Crippen molar-refractivity contribution in [2.45, 2.75) is 25.6 Å². The summed E-state index contributed by atoms with van der Waals surface area (Å²) >= 11 is 0. The van der Waals surface area contributed by atoms with Gasteiger partial charge < -0.3 is 14.7 Å². The average Bonchev–Trinajstić information content (AvgIpc) is 2.69. The van der Waals surface area contributed by atoms with E-state index < -0.39 is 12.2 Å². The van der Waals surface area contributed by atoms with E-state index in [-0.39, 0.29) is 31.3 Å². The number of hydrogen-bond donors (Lipinski definition) is 1. The second-order valence-corrected chi connectivity index (χ2v) is 6.44. The molecular weight excluding hydrogens is 332 g/mol. The van der Waals surface area contributed by atoms with Crippen molar-refractivity contribution >= 4 is 11.9 Å². The number of Topliss-reactive ketones (excluding diaryl/α,β-unsaturated/α-hetero) is 1. The summed E-state index contributed by atoms with van der Waals surface area (Å²) < 4.78 is 5.30. The first-order valence-electron chi connectivity index (χ1n) is 8.71. The minimum Gasteiger partial charge on any atom is -0.445 e. The Morgan fingerprint density at radius 3 is 2.62 bits per heavy atom. The summed E-state index contributed by atoms with van der Waals surface area (Å²) in [7, 11) is 0. The monoisotopic (exact) mass is 354 g/mol. The van der Waals surface area contributed by atoms with Crippen LogP contribution in [0.5, 0.6) is 0 Å². The number of amides is 1. The molecule has 136 valence electrons. The molecule has 2 heterocycles. The van der Waals surface area contributed by atoms with E-state index in [1.807, 2.05) is 30.3 Å². The highest BCUT2D eigenvalue weighted by Gasteiger charge is 2.32. The number of aliphatic hydroxyl groups excluding tert-OH is 1. The Labute approximate surface area is 152 Å². The molecule has 1 aromatic carbocycles. The fraction of sp³-hybridized carbons (Fsp3) is 0.350. The summed E-state index contributed by atoms with van der Waals surface area (Å²) in [4.78, 5) is 30.0. The van der Waals surface area contributed by atoms with Crippen molar-refractivity contribution in [3.05, 3.63) is 66.0 Å². The highest BCUT2D eigenvalue weighted by atomic mass is 16.6. The van der Waals surface area contributed by atoms with Crippen LogP contribution in [-0.4, -0.2) is 46.1 Å². The standard InChI is InChI=1S/C20H22N2O4/c23-18(17-8-4-5-10-21-17)12-16-9-11-22(13-19(16)24)20(25)26-14-15-6-2-1-3-7-15/h1-8,10,16,19,24H,9,11-14H2/t16-,19+/m1/s1. The molecule has 1 N–H and O–H groups in total. The number of nitrogens with zero attached hydrogens (tertiary/aromatic N) is 2. The van der Waals surface area contributed by atoms with Crippen LogP contribution in [0.25, 0.3) is 0 Å². The Balaban J connectivity index is 1.48. The number of pyridine rings is 1. The molecule has 6 heteroatoms. The van der Waals surface area contributed by atoms with Gasteiger partial charge in [-0.05, 0) is 30.0 Å². The fourth-order valence-electron chi connectivity index (χ4n) is 3.07. The van der Waals surface area contributed by atoms with Crippen LogP contribution in [0.4, 0.5) is 4.79 Å². The first kappa shape index (κ1) is 18.1. The van der Waals surface area contributed by atoms with Crippen LogP contribution in [0, 0.1) is 5.92 Å². The predicted molar refractivity (Wildman–Crippen MR) is 95.5 cm³/mol. The van der Waals surface area contributed by atoms with Gasteiger partial charge in [0.05, 0.1) is 12.6 Å². The van der Waals surface area contributed by atoms with Crippen molar-refractivity contribution in [1.82, 2.24) is 9.88 Å². The Morgan fingerprint density at radius 1 is 1.15 bits per heavy atom. The normalized spacial score (nSPS) is 19.8. The van der Waals surface area contributed by atoms with Gasteiger partial charge in [0.25, 0.3) is 0 Å². The number of likely N-dealkylation sites (tertiary alicyclic amines) is 1. The van der Waals surface area contributed by atoms with Gasteiger partial charge in [-0.1, -0.05) is 36.4 Å². The highest BCUT2D eigenvalue weighted by molar-refractivity contribution is 5.94. The van der Waals surface area contributed by atoms with E-state index in [1.165, 1.54) is 4.90 Å². The van der Waals surface area contributed by atoms with E-state index >= 15 is 0 Å². The SMILES string of the molecule is O=C(C[C@H]1CCN(C(=O)OCc2ccccc2)C[C@@H]1O)c1ccccn1. The van der Waals surface area contributed by atoms with Crippen molar-refractivity contribution < 1.29 is 19.4 Å². The van der Waals surface area contributed by atoms with E-state index in [4.69, 9.17) is 4.74 Å². The molecular formula is C20H22N2O4. The first-order valence-corrected chi connectivity index (χ1v) is 8.71. The molecule has 26 heavy (non-hydrogen) atoms. The zero-order valence-electron chi connectivity index (χ0n) is 14.5. The minimum atomic E-state index is -0.749. The maximum Gasteiger partial charge on any atom is 0.410 e. The van der Waals surface area contributed by atoms with Crippen molar-refractivity contribution in [3.63, 3.8) is 0 Å². The van der Waals surface area contributed by atoms with Gasteiger partial charge >= 0.3 is 6.09 Å². The van der Waals surface area contributed by atoms with Gasteiger partial charge in [0.15, 0.2) is 5.78 Å². The number of piperidine rings is 1. The second-order valence-electron chi connectivity index (χ2n) is 6.44. The molecule has 6 nitrogen and oxygen atoms in total.